The molecule has 0 bridgehead atoms. The average Bonchev–Trinajstić information content (AvgIpc) is 3.10. The van der Waals surface area contributed by atoms with Gasteiger partial charge in [-0.15, -0.1) is 5.10 Å². The number of aryl methyl sites for hydroxylation is 1. The first kappa shape index (κ1) is 18.9. The lowest BCUT2D eigenvalue weighted by Gasteiger charge is -2.24. The van der Waals surface area contributed by atoms with Crippen LogP contribution in [0.15, 0.2) is 60.7 Å². The molecule has 0 radical (unpaired) electrons. The molecule has 1 atom stereocenters. The first-order chi connectivity index (χ1) is 14.0. The number of anilines is 2. The summed E-state index contributed by atoms with van der Waals surface area (Å²) in [6, 6.07) is 18.4. The lowest BCUT2D eigenvalue weighted by molar-refractivity contribution is -0.116. The Morgan fingerprint density at radius 2 is 1.86 bits per heavy atom. The summed E-state index contributed by atoms with van der Waals surface area (Å²) in [5.74, 6) is 1.12. The Hall–Kier alpha value is -3.41. The van der Waals surface area contributed by atoms with Gasteiger partial charge in [0.1, 0.15) is 6.04 Å². The molecule has 0 fully saturated rings. The van der Waals surface area contributed by atoms with E-state index in [1.807, 2.05) is 36.7 Å². The molecule has 6 heteroatoms. The van der Waals surface area contributed by atoms with Crippen molar-refractivity contribution in [3.05, 3.63) is 77.4 Å². The molecule has 2 N–H and O–H groups in total. The van der Waals surface area contributed by atoms with E-state index in [0.29, 0.717) is 18.3 Å². The standard InChI is InChI=1S/C23H25N5O/c1-15(2)13-21(29)25-22-26-23-24-19(17-11-9-16(3)10-12-17)14-20(28(23)27-22)18-7-5-4-6-8-18/h4-12,14-15,20H,13H2,1-3H3,(H2,24,25,26,27,29). The second-order valence-corrected chi connectivity index (χ2v) is 7.78. The Morgan fingerprint density at radius 3 is 2.55 bits per heavy atom. The Bertz CT molecular complexity index is 1030. The van der Waals surface area contributed by atoms with Crippen LogP contribution in [-0.2, 0) is 4.79 Å². The van der Waals surface area contributed by atoms with Crippen LogP contribution in [0.3, 0.4) is 0 Å². The summed E-state index contributed by atoms with van der Waals surface area (Å²) in [5.41, 5.74) is 4.36. The molecule has 6 nitrogen and oxygen atoms in total. The van der Waals surface area contributed by atoms with Gasteiger partial charge in [-0.05, 0) is 30.0 Å². The van der Waals surface area contributed by atoms with Crippen LogP contribution in [0.2, 0.25) is 0 Å². The van der Waals surface area contributed by atoms with E-state index in [4.69, 9.17) is 0 Å². The van der Waals surface area contributed by atoms with E-state index in [2.05, 4.69) is 70.1 Å². The molecule has 0 aliphatic carbocycles. The van der Waals surface area contributed by atoms with E-state index in [1.165, 1.54) is 5.56 Å². The quantitative estimate of drug-likeness (QED) is 0.670. The van der Waals surface area contributed by atoms with Crippen molar-refractivity contribution in [3.8, 4) is 0 Å². The molecule has 148 valence electrons. The van der Waals surface area contributed by atoms with Gasteiger partial charge in [0.05, 0.1) is 0 Å². The smallest absolute Gasteiger partial charge is 0.250 e. The second kappa shape index (κ2) is 7.91. The summed E-state index contributed by atoms with van der Waals surface area (Å²) in [6.45, 7) is 6.09. The molecule has 3 aromatic rings. The van der Waals surface area contributed by atoms with Crippen LogP contribution in [0.4, 0.5) is 11.9 Å². The Balaban J connectivity index is 1.70. The summed E-state index contributed by atoms with van der Waals surface area (Å²) >= 11 is 0. The minimum absolute atomic E-state index is 0.0778. The molecule has 1 aliphatic heterocycles. The highest BCUT2D eigenvalue weighted by atomic mass is 16.1. The van der Waals surface area contributed by atoms with Gasteiger partial charge in [-0.3, -0.25) is 10.1 Å². The molecule has 0 spiro atoms. The number of hydrogen-bond acceptors (Lipinski definition) is 4. The van der Waals surface area contributed by atoms with Crippen LogP contribution >= 0.6 is 0 Å². The third-order valence-corrected chi connectivity index (χ3v) is 4.81. The Morgan fingerprint density at radius 1 is 1.14 bits per heavy atom. The van der Waals surface area contributed by atoms with Gasteiger partial charge in [-0.2, -0.15) is 4.98 Å². The van der Waals surface area contributed by atoms with Crippen molar-refractivity contribution in [1.82, 2.24) is 14.8 Å². The summed E-state index contributed by atoms with van der Waals surface area (Å²) in [5, 5.41) is 10.8. The summed E-state index contributed by atoms with van der Waals surface area (Å²) in [6.07, 6.45) is 2.58. The molecule has 29 heavy (non-hydrogen) atoms. The maximum atomic E-state index is 12.2. The highest BCUT2D eigenvalue weighted by Gasteiger charge is 2.25. The number of carbonyl (C=O) groups is 1. The molecule has 2 heterocycles. The van der Waals surface area contributed by atoms with E-state index < -0.39 is 0 Å². The fourth-order valence-corrected chi connectivity index (χ4v) is 3.38. The number of hydrogen-bond donors (Lipinski definition) is 2. The van der Waals surface area contributed by atoms with Gasteiger partial charge in [0, 0.05) is 12.1 Å². The van der Waals surface area contributed by atoms with Gasteiger partial charge < -0.3 is 5.32 Å². The maximum Gasteiger partial charge on any atom is 0.250 e. The molecule has 1 aromatic heterocycles. The first-order valence-corrected chi connectivity index (χ1v) is 9.87. The summed E-state index contributed by atoms with van der Waals surface area (Å²) in [7, 11) is 0. The van der Waals surface area contributed by atoms with Crippen molar-refractivity contribution in [2.45, 2.75) is 33.2 Å². The molecule has 1 unspecified atom stereocenters. The predicted molar refractivity (Wildman–Crippen MR) is 115 cm³/mol. The average molecular weight is 387 g/mol. The molecular weight excluding hydrogens is 362 g/mol. The van der Waals surface area contributed by atoms with E-state index in [1.54, 1.807) is 0 Å². The number of carbonyl (C=O) groups excluding carboxylic acids is 1. The van der Waals surface area contributed by atoms with Gasteiger partial charge in [0.15, 0.2) is 0 Å². The zero-order valence-corrected chi connectivity index (χ0v) is 16.9. The first-order valence-electron chi connectivity index (χ1n) is 9.87. The van der Waals surface area contributed by atoms with Crippen molar-refractivity contribution in [3.63, 3.8) is 0 Å². The van der Waals surface area contributed by atoms with Crippen LogP contribution in [0, 0.1) is 12.8 Å². The third-order valence-electron chi connectivity index (χ3n) is 4.81. The van der Waals surface area contributed by atoms with E-state index >= 15 is 0 Å². The van der Waals surface area contributed by atoms with Crippen LogP contribution in [0.25, 0.3) is 5.70 Å². The largest absolute Gasteiger partial charge is 0.324 e. The molecular formula is C23H25N5O. The zero-order valence-electron chi connectivity index (χ0n) is 16.9. The maximum absolute atomic E-state index is 12.2. The number of nitrogens with zero attached hydrogens (tertiary/aromatic N) is 3. The molecule has 0 saturated carbocycles. The number of amides is 1. The molecule has 1 aliphatic rings. The van der Waals surface area contributed by atoms with Gasteiger partial charge in [0.2, 0.25) is 11.9 Å². The monoisotopic (exact) mass is 387 g/mol. The lowest BCUT2D eigenvalue weighted by atomic mass is 10.0. The van der Waals surface area contributed by atoms with Gasteiger partial charge in [-0.1, -0.05) is 74.0 Å². The van der Waals surface area contributed by atoms with Crippen molar-refractivity contribution < 1.29 is 4.79 Å². The van der Waals surface area contributed by atoms with E-state index in [9.17, 15) is 4.79 Å². The fourth-order valence-electron chi connectivity index (χ4n) is 3.38. The van der Waals surface area contributed by atoms with Gasteiger partial charge in [0.25, 0.3) is 5.95 Å². The highest BCUT2D eigenvalue weighted by Crippen LogP contribution is 2.33. The molecule has 4 rings (SSSR count). The zero-order chi connectivity index (χ0) is 20.4. The topological polar surface area (TPSA) is 71.8 Å². The molecule has 0 saturated heterocycles. The highest BCUT2D eigenvalue weighted by molar-refractivity contribution is 5.89. The van der Waals surface area contributed by atoms with Crippen molar-refractivity contribution in [2.24, 2.45) is 5.92 Å². The van der Waals surface area contributed by atoms with Crippen LogP contribution in [-0.4, -0.2) is 20.7 Å². The predicted octanol–water partition coefficient (Wildman–Crippen LogP) is 4.63. The van der Waals surface area contributed by atoms with Crippen molar-refractivity contribution in [2.75, 3.05) is 10.6 Å². The number of rotatable bonds is 5. The second-order valence-electron chi connectivity index (χ2n) is 7.78. The molecule has 2 aromatic carbocycles. The minimum Gasteiger partial charge on any atom is -0.324 e. The minimum atomic E-state index is -0.119. The van der Waals surface area contributed by atoms with Crippen LogP contribution in [0.5, 0.6) is 0 Å². The fraction of sp³-hybridized carbons (Fsp3) is 0.261. The number of fused-ring (bicyclic) bond motifs is 1. The van der Waals surface area contributed by atoms with Crippen LogP contribution in [0.1, 0.15) is 43.0 Å². The molecule has 1 amide bonds. The lowest BCUT2D eigenvalue weighted by Crippen LogP contribution is -2.20. The number of benzene rings is 2. The Labute approximate surface area is 170 Å². The summed E-state index contributed by atoms with van der Waals surface area (Å²) in [4.78, 5) is 16.7. The SMILES string of the molecule is Cc1ccc(C2=CC(c3ccccc3)n3nc(NC(=O)CC(C)C)nc3N2)cc1. The van der Waals surface area contributed by atoms with Crippen LogP contribution < -0.4 is 10.6 Å². The Kier molecular flexibility index (Phi) is 5.16. The number of nitrogens with one attached hydrogen (secondary N) is 2. The number of allylic oxidation sites excluding steroid dienone is 1. The third kappa shape index (κ3) is 4.21. The van der Waals surface area contributed by atoms with Crippen molar-refractivity contribution >= 4 is 23.5 Å². The van der Waals surface area contributed by atoms with E-state index in [0.717, 1.165) is 16.8 Å². The number of aromatic nitrogens is 3. The van der Waals surface area contributed by atoms with E-state index in [-0.39, 0.29) is 17.9 Å². The summed E-state index contributed by atoms with van der Waals surface area (Å²) < 4.78 is 1.82. The van der Waals surface area contributed by atoms with Gasteiger partial charge >= 0.3 is 0 Å². The van der Waals surface area contributed by atoms with Gasteiger partial charge in [-0.25, -0.2) is 4.68 Å². The normalized spacial score (nSPS) is 15.4. The van der Waals surface area contributed by atoms with Crippen molar-refractivity contribution in [1.29, 1.82) is 0 Å².